The molecule has 0 aliphatic carbocycles. The van der Waals surface area contributed by atoms with Crippen molar-refractivity contribution in [2.24, 2.45) is 0 Å². The second-order valence-corrected chi connectivity index (χ2v) is 4.83. The predicted molar refractivity (Wildman–Crippen MR) is 49.4 cm³/mol. The van der Waals surface area contributed by atoms with Gasteiger partial charge in [-0.3, -0.25) is 0 Å². The van der Waals surface area contributed by atoms with Crippen LogP contribution in [0.3, 0.4) is 0 Å². The lowest BCUT2D eigenvalue weighted by atomic mass is 10.5. The molecule has 74 valence electrons. The molecule has 4 nitrogen and oxygen atoms in total. The standard InChI is InChI=1S/C8H13NO3S/c1-7-3-4-8(12-7)13(10,11)6-5-9-2/h3-4,9H,5-6H2,1-2H3. The SMILES string of the molecule is CNCCS(=O)(=O)c1ccc(C)o1. The largest absolute Gasteiger partial charge is 0.450 e. The zero-order chi connectivity index (χ0) is 9.90. The summed E-state index contributed by atoms with van der Waals surface area (Å²) in [5.74, 6) is 0.680. The number of aryl methyl sites for hydroxylation is 1. The molecule has 1 heterocycles. The van der Waals surface area contributed by atoms with Crippen molar-refractivity contribution < 1.29 is 12.8 Å². The topological polar surface area (TPSA) is 59.3 Å². The number of nitrogens with one attached hydrogen (secondary N) is 1. The van der Waals surface area contributed by atoms with E-state index in [1.54, 1.807) is 20.0 Å². The lowest BCUT2D eigenvalue weighted by Crippen LogP contribution is -2.19. The summed E-state index contributed by atoms with van der Waals surface area (Å²) in [5, 5.41) is 2.84. The Bertz CT molecular complexity index is 366. The average Bonchev–Trinajstić information content (AvgIpc) is 2.49. The van der Waals surface area contributed by atoms with E-state index in [4.69, 9.17) is 4.42 Å². The molecule has 0 unspecified atom stereocenters. The summed E-state index contributed by atoms with van der Waals surface area (Å²) >= 11 is 0. The van der Waals surface area contributed by atoms with Crippen LogP contribution in [0, 0.1) is 6.92 Å². The molecule has 0 atom stereocenters. The van der Waals surface area contributed by atoms with Crippen molar-refractivity contribution in [3.8, 4) is 0 Å². The van der Waals surface area contributed by atoms with Gasteiger partial charge in [-0.2, -0.15) is 0 Å². The molecule has 0 bridgehead atoms. The van der Waals surface area contributed by atoms with Crippen LogP contribution in [-0.4, -0.2) is 27.8 Å². The van der Waals surface area contributed by atoms with E-state index >= 15 is 0 Å². The molecule has 0 amide bonds. The first-order chi connectivity index (χ1) is 6.06. The van der Waals surface area contributed by atoms with Gasteiger partial charge < -0.3 is 9.73 Å². The Hall–Kier alpha value is -0.810. The van der Waals surface area contributed by atoms with Crippen molar-refractivity contribution in [3.05, 3.63) is 17.9 Å². The molecule has 0 aromatic carbocycles. The van der Waals surface area contributed by atoms with Crippen molar-refractivity contribution in [3.63, 3.8) is 0 Å². The Morgan fingerprint density at radius 2 is 2.15 bits per heavy atom. The molecule has 0 saturated heterocycles. The quantitative estimate of drug-likeness (QED) is 0.777. The first-order valence-corrected chi connectivity index (χ1v) is 5.65. The zero-order valence-corrected chi connectivity index (χ0v) is 8.52. The summed E-state index contributed by atoms with van der Waals surface area (Å²) in [5.41, 5.74) is 0. The van der Waals surface area contributed by atoms with E-state index in [9.17, 15) is 8.42 Å². The van der Waals surface area contributed by atoms with Gasteiger partial charge >= 0.3 is 0 Å². The second-order valence-electron chi connectivity index (χ2n) is 2.79. The van der Waals surface area contributed by atoms with E-state index in [2.05, 4.69) is 5.32 Å². The third-order valence-electron chi connectivity index (χ3n) is 1.64. The van der Waals surface area contributed by atoms with Crippen LogP contribution in [0.5, 0.6) is 0 Å². The van der Waals surface area contributed by atoms with Gasteiger partial charge in [0.2, 0.25) is 14.9 Å². The molecule has 1 aromatic heterocycles. The summed E-state index contributed by atoms with van der Waals surface area (Å²) in [6, 6.07) is 3.13. The molecule has 5 heteroatoms. The molecular weight excluding hydrogens is 190 g/mol. The van der Waals surface area contributed by atoms with Gasteiger partial charge in [0, 0.05) is 6.54 Å². The van der Waals surface area contributed by atoms with E-state index in [1.165, 1.54) is 6.07 Å². The number of hydrogen-bond donors (Lipinski definition) is 1. The van der Waals surface area contributed by atoms with Crippen molar-refractivity contribution in [2.75, 3.05) is 19.3 Å². The van der Waals surface area contributed by atoms with E-state index in [0.29, 0.717) is 12.3 Å². The van der Waals surface area contributed by atoms with E-state index in [-0.39, 0.29) is 10.8 Å². The Morgan fingerprint density at radius 3 is 2.62 bits per heavy atom. The van der Waals surface area contributed by atoms with Gasteiger partial charge in [-0.05, 0) is 26.1 Å². The van der Waals surface area contributed by atoms with E-state index in [0.717, 1.165) is 0 Å². The van der Waals surface area contributed by atoms with Gasteiger partial charge in [0.15, 0.2) is 0 Å². The van der Waals surface area contributed by atoms with Crippen LogP contribution in [0.15, 0.2) is 21.6 Å². The molecule has 1 aromatic rings. The van der Waals surface area contributed by atoms with Gasteiger partial charge in [-0.15, -0.1) is 0 Å². The average molecular weight is 203 g/mol. The second kappa shape index (κ2) is 3.93. The van der Waals surface area contributed by atoms with Gasteiger partial charge in [0.25, 0.3) is 0 Å². The molecule has 0 saturated carbocycles. The summed E-state index contributed by atoms with van der Waals surface area (Å²) in [6.45, 7) is 2.15. The highest BCUT2D eigenvalue weighted by atomic mass is 32.2. The highest BCUT2D eigenvalue weighted by molar-refractivity contribution is 7.91. The van der Waals surface area contributed by atoms with Gasteiger partial charge in [0.1, 0.15) is 5.76 Å². The summed E-state index contributed by atoms with van der Waals surface area (Å²) in [7, 11) is -1.52. The summed E-state index contributed by atoms with van der Waals surface area (Å²) in [6.07, 6.45) is 0. The molecule has 1 rings (SSSR count). The predicted octanol–water partition coefficient (Wildman–Crippen LogP) is 0.581. The van der Waals surface area contributed by atoms with Crippen molar-refractivity contribution in [1.29, 1.82) is 0 Å². The fraction of sp³-hybridized carbons (Fsp3) is 0.500. The zero-order valence-electron chi connectivity index (χ0n) is 7.70. The fourth-order valence-electron chi connectivity index (χ4n) is 0.916. The Kier molecular flexibility index (Phi) is 3.11. The molecule has 0 aliphatic heterocycles. The fourth-order valence-corrected chi connectivity index (χ4v) is 2.12. The molecular formula is C8H13NO3S. The lowest BCUT2D eigenvalue weighted by molar-refractivity contribution is 0.428. The molecule has 13 heavy (non-hydrogen) atoms. The van der Waals surface area contributed by atoms with Crippen LogP contribution >= 0.6 is 0 Å². The normalized spacial score (nSPS) is 11.8. The van der Waals surface area contributed by atoms with Crippen LogP contribution < -0.4 is 5.32 Å². The van der Waals surface area contributed by atoms with Crippen LogP contribution in [0.4, 0.5) is 0 Å². The minimum absolute atomic E-state index is 0.0558. The summed E-state index contributed by atoms with van der Waals surface area (Å²) in [4.78, 5) is 0. The first-order valence-electron chi connectivity index (χ1n) is 4.00. The molecule has 0 fully saturated rings. The monoisotopic (exact) mass is 203 g/mol. The third kappa shape index (κ3) is 2.57. The van der Waals surface area contributed by atoms with Crippen molar-refractivity contribution >= 4 is 9.84 Å². The third-order valence-corrected chi connectivity index (χ3v) is 3.22. The Labute approximate surface area is 77.9 Å². The molecule has 0 radical (unpaired) electrons. The molecule has 1 N–H and O–H groups in total. The number of furan rings is 1. The van der Waals surface area contributed by atoms with Gasteiger partial charge in [-0.1, -0.05) is 0 Å². The van der Waals surface area contributed by atoms with E-state index < -0.39 is 9.84 Å². The molecule has 0 spiro atoms. The highest BCUT2D eigenvalue weighted by Gasteiger charge is 2.17. The number of hydrogen-bond acceptors (Lipinski definition) is 4. The number of sulfone groups is 1. The highest BCUT2D eigenvalue weighted by Crippen LogP contribution is 2.13. The minimum Gasteiger partial charge on any atom is -0.450 e. The van der Waals surface area contributed by atoms with E-state index in [1.807, 2.05) is 0 Å². The minimum atomic E-state index is -3.23. The van der Waals surface area contributed by atoms with Gasteiger partial charge in [0.05, 0.1) is 5.75 Å². The van der Waals surface area contributed by atoms with Crippen LogP contribution in [0.2, 0.25) is 0 Å². The van der Waals surface area contributed by atoms with Crippen LogP contribution in [-0.2, 0) is 9.84 Å². The smallest absolute Gasteiger partial charge is 0.218 e. The first kappa shape index (κ1) is 10.3. The molecule has 0 aliphatic rings. The van der Waals surface area contributed by atoms with Crippen LogP contribution in [0.1, 0.15) is 5.76 Å². The maximum Gasteiger partial charge on any atom is 0.218 e. The van der Waals surface area contributed by atoms with Crippen LogP contribution in [0.25, 0.3) is 0 Å². The number of rotatable bonds is 4. The lowest BCUT2D eigenvalue weighted by Gasteiger charge is -1.99. The van der Waals surface area contributed by atoms with Crippen molar-refractivity contribution in [2.45, 2.75) is 12.0 Å². The van der Waals surface area contributed by atoms with Crippen molar-refractivity contribution in [1.82, 2.24) is 5.32 Å². The maximum absolute atomic E-state index is 11.5. The Balaban J connectivity index is 2.82. The Morgan fingerprint density at radius 1 is 1.46 bits per heavy atom. The van der Waals surface area contributed by atoms with Gasteiger partial charge in [-0.25, -0.2) is 8.42 Å². The summed E-state index contributed by atoms with van der Waals surface area (Å²) < 4.78 is 28.0. The maximum atomic E-state index is 11.5.